The zero-order valence-electron chi connectivity index (χ0n) is 28.3. The molecule has 1 aliphatic carbocycles. The first-order valence-electron chi connectivity index (χ1n) is 17.3. The zero-order chi connectivity index (χ0) is 33.7. The van der Waals surface area contributed by atoms with Crippen molar-refractivity contribution < 1.29 is 24.2 Å². The first kappa shape index (κ1) is 33.5. The average Bonchev–Trinajstić information content (AvgIpc) is 3.79. The third kappa shape index (κ3) is 8.53. The smallest absolute Gasteiger partial charge is 0.326 e. The second kappa shape index (κ2) is 14.8. The van der Waals surface area contributed by atoms with E-state index >= 15 is 0 Å². The van der Waals surface area contributed by atoms with Crippen molar-refractivity contribution in [3.63, 3.8) is 0 Å². The van der Waals surface area contributed by atoms with Gasteiger partial charge in [0.05, 0.1) is 0 Å². The number of nitrogens with zero attached hydrogens (tertiary/aromatic N) is 1. The molecule has 48 heavy (non-hydrogen) atoms. The number of nitrogens with one attached hydrogen (secondary N) is 2. The van der Waals surface area contributed by atoms with Crippen molar-refractivity contribution in [2.45, 2.75) is 89.6 Å². The Kier molecular flexibility index (Phi) is 10.3. The van der Waals surface area contributed by atoms with Crippen molar-refractivity contribution in [2.24, 2.45) is 5.92 Å². The molecule has 2 atom stereocenters. The van der Waals surface area contributed by atoms with Crippen LogP contribution in [0.4, 0.5) is 0 Å². The predicted molar refractivity (Wildman–Crippen MR) is 188 cm³/mol. The number of aliphatic carboxylic acids is 1. The molecule has 0 bridgehead atoms. The number of amides is 1. The molecule has 4 aromatic rings. The van der Waals surface area contributed by atoms with Crippen molar-refractivity contribution in [2.75, 3.05) is 13.2 Å². The molecule has 2 aliphatic rings. The lowest BCUT2D eigenvalue weighted by molar-refractivity contribution is -0.139. The number of fused-ring (bicyclic) bond motifs is 1. The van der Waals surface area contributed by atoms with Gasteiger partial charge in [-0.05, 0) is 96.1 Å². The number of carboxylic acids is 1. The van der Waals surface area contributed by atoms with Gasteiger partial charge in [0.15, 0.2) is 0 Å². The summed E-state index contributed by atoms with van der Waals surface area (Å²) >= 11 is 0. The molecule has 0 spiro atoms. The molecule has 1 saturated heterocycles. The van der Waals surface area contributed by atoms with E-state index in [1.54, 1.807) is 6.07 Å². The number of benzene rings is 3. The van der Waals surface area contributed by atoms with Crippen LogP contribution in [0, 0.1) is 5.92 Å². The van der Waals surface area contributed by atoms with E-state index in [0.717, 1.165) is 72.2 Å². The van der Waals surface area contributed by atoms with Crippen molar-refractivity contribution in [1.29, 1.82) is 0 Å². The monoisotopic (exact) mass is 649 g/mol. The largest absolute Gasteiger partial charge is 0.492 e. The topological polar surface area (TPSA) is 110 Å². The summed E-state index contributed by atoms with van der Waals surface area (Å²) in [5.74, 6) is 1.11. The highest BCUT2D eigenvalue weighted by molar-refractivity contribution is 5.99. The maximum Gasteiger partial charge on any atom is 0.326 e. The number of pyridine rings is 1. The first-order chi connectivity index (χ1) is 23.1. The highest BCUT2D eigenvalue weighted by Gasteiger charge is 2.24. The van der Waals surface area contributed by atoms with Crippen LogP contribution in [0.15, 0.2) is 72.8 Å². The first-order valence-corrected chi connectivity index (χ1v) is 17.3. The summed E-state index contributed by atoms with van der Waals surface area (Å²) in [7, 11) is 0. The fourth-order valence-corrected chi connectivity index (χ4v) is 6.76. The summed E-state index contributed by atoms with van der Waals surface area (Å²) in [4.78, 5) is 30.7. The Morgan fingerprint density at radius 3 is 2.29 bits per heavy atom. The molecular formula is C40H47N3O5. The van der Waals surface area contributed by atoms with Crippen LogP contribution in [-0.4, -0.2) is 47.2 Å². The Morgan fingerprint density at radius 2 is 1.62 bits per heavy atom. The normalized spacial score (nSPS) is 17.4. The minimum atomic E-state index is -1.11. The van der Waals surface area contributed by atoms with E-state index in [0.29, 0.717) is 24.3 Å². The zero-order valence-corrected chi connectivity index (χ0v) is 28.3. The summed E-state index contributed by atoms with van der Waals surface area (Å²) in [5.41, 5.74) is 3.15. The van der Waals surface area contributed by atoms with Crippen molar-refractivity contribution in [3.8, 4) is 17.2 Å². The summed E-state index contributed by atoms with van der Waals surface area (Å²) in [6.07, 6.45) is 7.85. The summed E-state index contributed by atoms with van der Waals surface area (Å²) in [6, 6.07) is 22.4. The molecule has 1 aliphatic heterocycles. The van der Waals surface area contributed by atoms with Crippen molar-refractivity contribution >= 4 is 22.6 Å². The van der Waals surface area contributed by atoms with Gasteiger partial charge in [-0.2, -0.15) is 0 Å². The van der Waals surface area contributed by atoms with Gasteiger partial charge in [-0.25, -0.2) is 9.78 Å². The Morgan fingerprint density at radius 1 is 0.917 bits per heavy atom. The molecule has 0 radical (unpaired) electrons. The number of carbonyl (C=O) groups is 2. The molecule has 1 amide bonds. The van der Waals surface area contributed by atoms with Crippen molar-refractivity contribution in [3.05, 3.63) is 95.3 Å². The van der Waals surface area contributed by atoms with Gasteiger partial charge in [-0.15, -0.1) is 0 Å². The fourth-order valence-electron chi connectivity index (χ4n) is 6.76. The average molecular weight is 650 g/mol. The fraction of sp³-hybridized carbons (Fsp3) is 0.425. The number of aromatic nitrogens is 1. The molecule has 8 nitrogen and oxygen atoms in total. The molecule has 6 rings (SSSR count). The third-order valence-corrected chi connectivity index (χ3v) is 9.61. The van der Waals surface area contributed by atoms with Gasteiger partial charge >= 0.3 is 5.97 Å². The molecular weight excluding hydrogens is 602 g/mol. The molecule has 1 aromatic heterocycles. The predicted octanol–water partition coefficient (Wildman–Crippen LogP) is 7.61. The maximum absolute atomic E-state index is 13.6. The van der Waals surface area contributed by atoms with Crippen LogP contribution in [0.25, 0.3) is 10.8 Å². The van der Waals surface area contributed by atoms with Gasteiger partial charge in [0, 0.05) is 23.5 Å². The van der Waals surface area contributed by atoms with E-state index < -0.39 is 17.9 Å². The van der Waals surface area contributed by atoms with Gasteiger partial charge in [-0.1, -0.05) is 76.8 Å². The number of hydrogen-bond donors (Lipinski definition) is 3. The van der Waals surface area contributed by atoms with Gasteiger partial charge in [0.1, 0.15) is 35.6 Å². The Balaban J connectivity index is 1.18. The van der Waals surface area contributed by atoms with Gasteiger partial charge < -0.3 is 25.2 Å². The highest BCUT2D eigenvalue weighted by atomic mass is 16.5. The molecule has 2 heterocycles. The maximum atomic E-state index is 13.6. The van der Waals surface area contributed by atoms with E-state index in [2.05, 4.69) is 43.5 Å². The molecule has 2 fully saturated rings. The third-order valence-electron chi connectivity index (χ3n) is 9.61. The van der Waals surface area contributed by atoms with E-state index in [1.807, 2.05) is 54.6 Å². The number of hydrogen-bond acceptors (Lipinski definition) is 6. The number of ether oxygens (including phenoxy) is 2. The Bertz CT molecular complexity index is 1720. The van der Waals surface area contributed by atoms with Gasteiger partial charge in [-0.3, -0.25) is 4.79 Å². The van der Waals surface area contributed by atoms with Crippen LogP contribution in [0.2, 0.25) is 0 Å². The minimum Gasteiger partial charge on any atom is -0.492 e. The van der Waals surface area contributed by atoms with Gasteiger partial charge in [0.25, 0.3) is 5.91 Å². The second-order valence-corrected chi connectivity index (χ2v) is 14.4. The van der Waals surface area contributed by atoms with E-state index in [1.165, 1.54) is 18.4 Å². The lowest BCUT2D eigenvalue weighted by Crippen LogP contribution is -2.42. The van der Waals surface area contributed by atoms with Crippen LogP contribution in [0.3, 0.4) is 0 Å². The molecule has 8 heteroatoms. The Hall–Kier alpha value is -4.43. The summed E-state index contributed by atoms with van der Waals surface area (Å²) in [5, 5.41) is 18.0. The second-order valence-electron chi connectivity index (χ2n) is 14.4. The molecule has 1 saturated carbocycles. The van der Waals surface area contributed by atoms with Crippen LogP contribution < -0.4 is 20.1 Å². The van der Waals surface area contributed by atoms with E-state index in [-0.39, 0.29) is 17.5 Å². The van der Waals surface area contributed by atoms with E-state index in [9.17, 15) is 14.7 Å². The van der Waals surface area contributed by atoms with Gasteiger partial charge in [0.2, 0.25) is 0 Å². The van der Waals surface area contributed by atoms with Crippen LogP contribution in [0.1, 0.15) is 86.6 Å². The number of rotatable bonds is 12. The van der Waals surface area contributed by atoms with Crippen molar-refractivity contribution in [1.82, 2.24) is 15.6 Å². The van der Waals surface area contributed by atoms with Crippen LogP contribution in [-0.2, 0) is 23.1 Å². The molecule has 3 aromatic carbocycles. The summed E-state index contributed by atoms with van der Waals surface area (Å²) in [6.45, 7) is 8.19. The number of carbonyl (C=O) groups excluding carboxylic acids is 1. The molecule has 3 N–H and O–H groups in total. The minimum absolute atomic E-state index is 0.0594. The Labute approximate surface area is 283 Å². The lowest BCUT2D eigenvalue weighted by Gasteiger charge is -2.19. The number of carboxylic acid groups (broad SMARTS) is 1. The standard InChI is InChI=1S/C40H47N3O5/c1-40(2,3)29-13-18-32(19-14-29)48-33-17-12-28-23-36(42-35(34(28)24-33)21-26-7-4-5-8-26)38(44)43-37(39(45)46)22-27-10-15-31(16-11-27)47-25-30-9-6-20-41-30/h10-19,23-24,26,30,37,41H,4-9,20-22,25H2,1-3H3,(H,43,44)(H,45,46)/t30?,37-/m0/s1. The summed E-state index contributed by atoms with van der Waals surface area (Å²) < 4.78 is 12.2. The highest BCUT2D eigenvalue weighted by Crippen LogP contribution is 2.33. The lowest BCUT2D eigenvalue weighted by atomic mass is 9.87. The quantitative estimate of drug-likeness (QED) is 0.145. The molecule has 252 valence electrons. The van der Waals surface area contributed by atoms with Crippen LogP contribution >= 0.6 is 0 Å². The SMILES string of the molecule is CC(C)(C)c1ccc(Oc2ccc3cc(C(=O)N[C@@H](Cc4ccc(OCC5CCCN5)cc4)C(=O)O)nc(CC4CCCC4)c3c2)cc1. The van der Waals surface area contributed by atoms with E-state index in [4.69, 9.17) is 14.5 Å². The molecule has 1 unspecified atom stereocenters. The van der Waals surface area contributed by atoms with Crippen LogP contribution in [0.5, 0.6) is 17.2 Å².